The van der Waals surface area contributed by atoms with Gasteiger partial charge in [-0.1, -0.05) is 12.1 Å². The molecule has 23 heavy (non-hydrogen) atoms. The molecule has 0 saturated carbocycles. The summed E-state index contributed by atoms with van der Waals surface area (Å²) in [7, 11) is 1.59. The molecule has 0 unspecified atom stereocenters. The van der Waals surface area contributed by atoms with Gasteiger partial charge in [0.2, 0.25) is 0 Å². The molecule has 5 heteroatoms. The third-order valence-corrected chi connectivity index (χ3v) is 3.49. The standard InChI is InChI=1S/C18H19NO4/c1-11(2)22-15-9-8-12(10-16(15)21-3)18-19-17(20)13-6-4-5-7-14(13)23-18/h4-11,18H,1-3H3,(H,19,20)/t18-/m0/s1. The van der Waals surface area contributed by atoms with Crippen LogP contribution in [0.15, 0.2) is 42.5 Å². The van der Waals surface area contributed by atoms with Crippen LogP contribution in [0.2, 0.25) is 0 Å². The van der Waals surface area contributed by atoms with Gasteiger partial charge in [-0.3, -0.25) is 4.79 Å². The summed E-state index contributed by atoms with van der Waals surface area (Å²) < 4.78 is 17.0. The van der Waals surface area contributed by atoms with Crippen molar-refractivity contribution < 1.29 is 19.0 Å². The van der Waals surface area contributed by atoms with Crippen molar-refractivity contribution in [2.75, 3.05) is 7.11 Å². The number of methoxy groups -OCH3 is 1. The van der Waals surface area contributed by atoms with E-state index in [1.54, 1.807) is 19.2 Å². The first-order chi connectivity index (χ1) is 11.1. The lowest BCUT2D eigenvalue weighted by Gasteiger charge is -2.27. The number of para-hydroxylation sites is 1. The predicted octanol–water partition coefficient (Wildman–Crippen LogP) is 3.30. The SMILES string of the molecule is COc1cc([C@H]2NC(=O)c3ccccc3O2)ccc1OC(C)C. The van der Waals surface area contributed by atoms with Crippen molar-refractivity contribution in [3.8, 4) is 17.2 Å². The Balaban J connectivity index is 1.89. The highest BCUT2D eigenvalue weighted by molar-refractivity contribution is 5.98. The van der Waals surface area contributed by atoms with Crippen LogP contribution in [0, 0.1) is 0 Å². The third-order valence-electron chi connectivity index (χ3n) is 3.49. The maximum atomic E-state index is 12.2. The molecule has 0 spiro atoms. The molecular formula is C18H19NO4. The minimum absolute atomic E-state index is 0.0484. The highest BCUT2D eigenvalue weighted by Crippen LogP contribution is 2.34. The molecule has 0 saturated heterocycles. The molecule has 120 valence electrons. The van der Waals surface area contributed by atoms with Crippen LogP contribution in [0.3, 0.4) is 0 Å². The Bertz CT molecular complexity index is 727. The maximum Gasteiger partial charge on any atom is 0.258 e. The maximum absolute atomic E-state index is 12.2. The molecule has 1 amide bonds. The number of benzene rings is 2. The number of nitrogens with one attached hydrogen (secondary N) is 1. The molecule has 1 aliphatic rings. The van der Waals surface area contributed by atoms with Crippen LogP contribution >= 0.6 is 0 Å². The normalized spacial score (nSPS) is 16.3. The lowest BCUT2D eigenvalue weighted by molar-refractivity contribution is 0.0755. The van der Waals surface area contributed by atoms with Gasteiger partial charge >= 0.3 is 0 Å². The average Bonchev–Trinajstić information content (AvgIpc) is 2.54. The molecule has 2 aromatic rings. The van der Waals surface area contributed by atoms with E-state index in [0.717, 1.165) is 5.56 Å². The smallest absolute Gasteiger partial charge is 0.258 e. The van der Waals surface area contributed by atoms with Crippen LogP contribution in [-0.2, 0) is 0 Å². The molecule has 0 aliphatic carbocycles. The van der Waals surface area contributed by atoms with E-state index in [2.05, 4.69) is 5.32 Å². The Morgan fingerprint density at radius 1 is 1.13 bits per heavy atom. The van der Waals surface area contributed by atoms with Gasteiger partial charge in [0.25, 0.3) is 5.91 Å². The zero-order valence-electron chi connectivity index (χ0n) is 13.3. The van der Waals surface area contributed by atoms with Gasteiger partial charge < -0.3 is 19.5 Å². The summed E-state index contributed by atoms with van der Waals surface area (Å²) in [6.07, 6.45) is -0.508. The van der Waals surface area contributed by atoms with Crippen molar-refractivity contribution in [2.24, 2.45) is 0 Å². The molecule has 0 bridgehead atoms. The minimum Gasteiger partial charge on any atom is -0.493 e. The van der Waals surface area contributed by atoms with E-state index in [1.807, 2.05) is 44.2 Å². The summed E-state index contributed by atoms with van der Waals surface area (Å²) in [5.74, 6) is 1.68. The van der Waals surface area contributed by atoms with E-state index < -0.39 is 6.23 Å². The highest BCUT2D eigenvalue weighted by Gasteiger charge is 2.27. The molecule has 0 fully saturated rings. The molecule has 1 atom stereocenters. The molecule has 2 aromatic carbocycles. The molecule has 1 heterocycles. The van der Waals surface area contributed by atoms with Crippen LogP contribution in [0.25, 0.3) is 0 Å². The number of carbonyl (C=O) groups is 1. The van der Waals surface area contributed by atoms with E-state index in [-0.39, 0.29) is 12.0 Å². The molecule has 5 nitrogen and oxygen atoms in total. The number of ether oxygens (including phenoxy) is 3. The van der Waals surface area contributed by atoms with Gasteiger partial charge in [-0.2, -0.15) is 0 Å². The van der Waals surface area contributed by atoms with E-state index in [9.17, 15) is 4.79 Å². The fourth-order valence-electron chi connectivity index (χ4n) is 2.46. The minimum atomic E-state index is -0.556. The van der Waals surface area contributed by atoms with Gasteiger partial charge in [-0.15, -0.1) is 0 Å². The van der Waals surface area contributed by atoms with Crippen molar-refractivity contribution in [1.29, 1.82) is 0 Å². The first kappa shape index (κ1) is 15.2. The summed E-state index contributed by atoms with van der Waals surface area (Å²) in [5.41, 5.74) is 1.33. The zero-order valence-corrected chi connectivity index (χ0v) is 13.3. The van der Waals surface area contributed by atoms with Gasteiger partial charge in [0, 0.05) is 5.56 Å². The number of fused-ring (bicyclic) bond motifs is 1. The van der Waals surface area contributed by atoms with Gasteiger partial charge in [0.1, 0.15) is 5.75 Å². The molecule has 1 N–H and O–H groups in total. The first-order valence-electron chi connectivity index (χ1n) is 7.49. The van der Waals surface area contributed by atoms with Crippen molar-refractivity contribution in [2.45, 2.75) is 26.2 Å². The molecule has 1 aliphatic heterocycles. The molecular weight excluding hydrogens is 294 g/mol. The Kier molecular flexibility index (Phi) is 4.10. The van der Waals surface area contributed by atoms with E-state index in [4.69, 9.17) is 14.2 Å². The van der Waals surface area contributed by atoms with Crippen molar-refractivity contribution in [3.63, 3.8) is 0 Å². The Labute approximate surface area is 135 Å². The summed E-state index contributed by atoms with van der Waals surface area (Å²) in [5, 5.41) is 2.84. The van der Waals surface area contributed by atoms with Crippen LogP contribution in [0.5, 0.6) is 17.2 Å². The second kappa shape index (κ2) is 6.20. The van der Waals surface area contributed by atoms with Crippen LogP contribution in [0.1, 0.15) is 36.0 Å². The second-order valence-electron chi connectivity index (χ2n) is 5.54. The fraction of sp³-hybridized carbons (Fsp3) is 0.278. The van der Waals surface area contributed by atoms with E-state index >= 15 is 0 Å². The number of hydrogen-bond acceptors (Lipinski definition) is 4. The molecule has 3 rings (SSSR count). The molecule has 0 aromatic heterocycles. The number of hydrogen-bond donors (Lipinski definition) is 1. The summed E-state index contributed by atoms with van der Waals surface area (Å²) in [6.45, 7) is 3.91. The lowest BCUT2D eigenvalue weighted by Crippen LogP contribution is -2.36. The van der Waals surface area contributed by atoms with Crippen molar-refractivity contribution >= 4 is 5.91 Å². The summed E-state index contributed by atoms with van der Waals surface area (Å²) in [4.78, 5) is 12.2. The summed E-state index contributed by atoms with van der Waals surface area (Å²) >= 11 is 0. The Morgan fingerprint density at radius 2 is 1.91 bits per heavy atom. The van der Waals surface area contributed by atoms with Crippen LogP contribution < -0.4 is 19.5 Å². The topological polar surface area (TPSA) is 56.8 Å². The fourth-order valence-corrected chi connectivity index (χ4v) is 2.46. The number of amides is 1. The number of carbonyl (C=O) groups excluding carboxylic acids is 1. The van der Waals surface area contributed by atoms with Gasteiger partial charge in [-0.25, -0.2) is 0 Å². The summed E-state index contributed by atoms with van der Waals surface area (Å²) in [6, 6.07) is 12.7. The molecule has 0 radical (unpaired) electrons. The third kappa shape index (κ3) is 3.08. The van der Waals surface area contributed by atoms with Crippen LogP contribution in [0.4, 0.5) is 0 Å². The van der Waals surface area contributed by atoms with Crippen LogP contribution in [-0.4, -0.2) is 19.1 Å². The van der Waals surface area contributed by atoms with Crippen molar-refractivity contribution in [3.05, 3.63) is 53.6 Å². The quantitative estimate of drug-likeness (QED) is 0.941. The van der Waals surface area contributed by atoms with Crippen molar-refractivity contribution in [1.82, 2.24) is 5.32 Å². The number of rotatable bonds is 4. The Hall–Kier alpha value is -2.69. The monoisotopic (exact) mass is 313 g/mol. The second-order valence-corrected chi connectivity index (χ2v) is 5.54. The van der Waals surface area contributed by atoms with E-state index in [1.165, 1.54) is 0 Å². The van der Waals surface area contributed by atoms with Gasteiger partial charge in [0.05, 0.1) is 18.8 Å². The van der Waals surface area contributed by atoms with Gasteiger partial charge in [-0.05, 0) is 44.2 Å². The highest BCUT2D eigenvalue weighted by atomic mass is 16.5. The van der Waals surface area contributed by atoms with E-state index in [0.29, 0.717) is 22.8 Å². The zero-order chi connectivity index (χ0) is 16.4. The largest absolute Gasteiger partial charge is 0.493 e. The first-order valence-corrected chi connectivity index (χ1v) is 7.49. The average molecular weight is 313 g/mol. The lowest BCUT2D eigenvalue weighted by atomic mass is 10.1. The Morgan fingerprint density at radius 3 is 2.65 bits per heavy atom. The predicted molar refractivity (Wildman–Crippen MR) is 86.0 cm³/mol. The van der Waals surface area contributed by atoms with Gasteiger partial charge in [0.15, 0.2) is 17.7 Å².